The number of aryl methyl sites for hydroxylation is 3. The van der Waals surface area contributed by atoms with Crippen molar-refractivity contribution in [2.24, 2.45) is 5.41 Å². The molecule has 290 valence electrons. The summed E-state index contributed by atoms with van der Waals surface area (Å²) in [6.07, 6.45) is 2.54. The molecule has 3 aromatic rings. The minimum absolute atomic E-state index is 0.0605. The maximum Gasteiger partial charge on any atom is 0.511 e. The number of carboxylic acids is 1. The Bertz CT molecular complexity index is 1800. The molecule has 1 aliphatic heterocycles. The number of Topliss-reactive ketones (excluding diaryl/α,β-unsaturated/α-hetero) is 2. The van der Waals surface area contributed by atoms with Crippen LogP contribution in [0.2, 0.25) is 0 Å². The molecule has 3 aromatic carbocycles. The summed E-state index contributed by atoms with van der Waals surface area (Å²) in [7, 11) is 3.09. The summed E-state index contributed by atoms with van der Waals surface area (Å²) in [4.78, 5) is 65.1. The normalized spacial score (nSPS) is 14.8. The minimum Gasteiger partial charge on any atom is -0.493 e. The van der Waals surface area contributed by atoms with Gasteiger partial charge in [0, 0.05) is 12.0 Å². The van der Waals surface area contributed by atoms with Crippen LogP contribution < -0.4 is 14.2 Å². The number of carbonyl (C=O) groups is 5. The van der Waals surface area contributed by atoms with Gasteiger partial charge in [-0.1, -0.05) is 45.0 Å². The molecule has 1 aliphatic rings. The van der Waals surface area contributed by atoms with Crippen molar-refractivity contribution < 1.29 is 53.1 Å². The summed E-state index contributed by atoms with van der Waals surface area (Å²) < 4.78 is 22.2. The molecule has 1 heterocycles. The number of piperidine rings is 1. The molecule has 0 aromatic heterocycles. The topological polar surface area (TPSA) is 166 Å². The molecule has 0 aliphatic carbocycles. The zero-order chi connectivity index (χ0) is 39.4. The first-order valence-corrected chi connectivity index (χ1v) is 18.4. The van der Waals surface area contributed by atoms with E-state index in [-0.39, 0.29) is 24.3 Å². The van der Waals surface area contributed by atoms with E-state index in [1.807, 2.05) is 19.1 Å². The average Bonchev–Trinajstić information content (AvgIpc) is 3.17. The van der Waals surface area contributed by atoms with Gasteiger partial charge in [0.25, 0.3) is 0 Å². The summed E-state index contributed by atoms with van der Waals surface area (Å²) in [6, 6.07) is 16.2. The molecule has 1 amide bonds. The zero-order valence-electron chi connectivity index (χ0n) is 31.7. The highest BCUT2D eigenvalue weighted by Crippen LogP contribution is 2.35. The van der Waals surface area contributed by atoms with Crippen molar-refractivity contribution in [1.29, 1.82) is 0 Å². The van der Waals surface area contributed by atoms with Crippen LogP contribution in [0.3, 0.4) is 0 Å². The number of methoxy groups -OCH3 is 2. The van der Waals surface area contributed by atoms with E-state index in [1.54, 1.807) is 76.6 Å². The van der Waals surface area contributed by atoms with E-state index in [0.29, 0.717) is 62.0 Å². The Morgan fingerprint density at radius 3 is 2.17 bits per heavy atom. The van der Waals surface area contributed by atoms with E-state index in [2.05, 4.69) is 0 Å². The molecule has 1 fully saturated rings. The van der Waals surface area contributed by atoms with E-state index >= 15 is 0 Å². The lowest BCUT2D eigenvalue weighted by Gasteiger charge is -2.36. The summed E-state index contributed by atoms with van der Waals surface area (Å²) in [5.41, 5.74) is 2.62. The number of benzene rings is 3. The van der Waals surface area contributed by atoms with Gasteiger partial charge in [-0.2, -0.15) is 0 Å². The second-order valence-electron chi connectivity index (χ2n) is 14.2. The van der Waals surface area contributed by atoms with Crippen molar-refractivity contribution in [3.05, 3.63) is 88.5 Å². The van der Waals surface area contributed by atoms with Crippen molar-refractivity contribution in [3.8, 4) is 17.2 Å². The molecular formula is C42H51NO11. The van der Waals surface area contributed by atoms with Gasteiger partial charge < -0.3 is 29.2 Å². The van der Waals surface area contributed by atoms with Crippen molar-refractivity contribution in [3.63, 3.8) is 0 Å². The second-order valence-corrected chi connectivity index (χ2v) is 14.2. The Hall–Kier alpha value is -5.39. The largest absolute Gasteiger partial charge is 0.511 e. The number of rotatable bonds is 18. The summed E-state index contributed by atoms with van der Waals surface area (Å²) in [6.45, 7) is 5.55. The van der Waals surface area contributed by atoms with Crippen LogP contribution in [-0.2, 0) is 33.6 Å². The van der Waals surface area contributed by atoms with Gasteiger partial charge in [-0.15, -0.1) is 0 Å². The number of hydrogen-bond acceptors (Lipinski definition) is 9. The SMILES string of the molecule is CCC(C)(C)C(=O)C(=O)C1CCCCN1C(=O)OC(CCc1ccc(OC)c(OC)c1)c1cc(OC(=O)O)ccc1CCCCc1ccc(C(=O)O)cc1. The van der Waals surface area contributed by atoms with Gasteiger partial charge in [-0.05, 0) is 123 Å². The van der Waals surface area contributed by atoms with Gasteiger partial charge >= 0.3 is 18.2 Å². The van der Waals surface area contributed by atoms with Gasteiger partial charge in [-0.25, -0.2) is 14.4 Å². The Balaban J connectivity index is 1.65. The quantitative estimate of drug-likeness (QED) is 0.0557. The smallest absolute Gasteiger partial charge is 0.493 e. The lowest BCUT2D eigenvalue weighted by atomic mass is 9.80. The number of hydrogen-bond donors (Lipinski definition) is 2. The molecule has 54 heavy (non-hydrogen) atoms. The third-order valence-electron chi connectivity index (χ3n) is 10.2. The summed E-state index contributed by atoms with van der Waals surface area (Å²) in [5, 5.41) is 18.6. The first-order valence-electron chi connectivity index (χ1n) is 18.4. The Labute approximate surface area is 316 Å². The van der Waals surface area contributed by atoms with Crippen LogP contribution >= 0.6 is 0 Å². The molecule has 2 N–H and O–H groups in total. The van der Waals surface area contributed by atoms with Crippen LogP contribution in [-0.4, -0.2) is 71.7 Å². The zero-order valence-corrected chi connectivity index (χ0v) is 31.7. The summed E-state index contributed by atoms with van der Waals surface area (Å²) >= 11 is 0. The van der Waals surface area contributed by atoms with Crippen molar-refractivity contribution in [2.75, 3.05) is 20.8 Å². The minimum atomic E-state index is -1.49. The van der Waals surface area contributed by atoms with Crippen molar-refractivity contribution in [1.82, 2.24) is 4.90 Å². The van der Waals surface area contributed by atoms with E-state index in [4.69, 9.17) is 18.9 Å². The molecule has 4 rings (SSSR count). The molecule has 0 spiro atoms. The van der Waals surface area contributed by atoms with E-state index < -0.39 is 47.3 Å². The number of carboxylic acid groups (broad SMARTS) is 2. The standard InChI is InChI=1S/C42H51NO11/c1-6-42(2,3)38(45)37(44)33-13-9-10-24-43(33)40(48)54-34(22-16-28-17-23-35(51-4)36(25-28)52-5)32-26-31(53-41(49)50)21-20-29(32)12-8-7-11-27-14-18-30(19-15-27)39(46)47/h14-15,17-21,23,25-26,33-34H,6-13,16,22,24H2,1-5H3,(H,46,47)(H,49,50). The van der Waals surface area contributed by atoms with Crippen LogP contribution in [0, 0.1) is 5.41 Å². The fourth-order valence-corrected chi connectivity index (χ4v) is 6.59. The third kappa shape index (κ3) is 10.8. The fourth-order valence-electron chi connectivity index (χ4n) is 6.59. The van der Waals surface area contributed by atoms with Crippen LogP contribution in [0.15, 0.2) is 60.7 Å². The monoisotopic (exact) mass is 745 g/mol. The third-order valence-corrected chi connectivity index (χ3v) is 10.2. The fraction of sp³-hybridized carbons (Fsp3) is 0.452. The molecule has 0 bridgehead atoms. The number of likely N-dealkylation sites (tertiary alicyclic amines) is 1. The first-order chi connectivity index (χ1) is 25.8. The Morgan fingerprint density at radius 1 is 0.833 bits per heavy atom. The highest BCUT2D eigenvalue weighted by atomic mass is 16.7. The summed E-state index contributed by atoms with van der Waals surface area (Å²) in [5.74, 6) is -0.946. The number of nitrogens with zero attached hydrogens (tertiary/aromatic N) is 1. The van der Waals surface area contributed by atoms with Gasteiger partial charge in [0.2, 0.25) is 11.6 Å². The predicted molar refractivity (Wildman–Crippen MR) is 201 cm³/mol. The molecule has 12 heteroatoms. The van der Waals surface area contributed by atoms with Crippen LogP contribution in [0.5, 0.6) is 17.2 Å². The Kier molecular flexibility index (Phi) is 14.6. The lowest BCUT2D eigenvalue weighted by Crippen LogP contribution is -2.52. The number of unbranched alkanes of at least 4 members (excludes halogenated alkanes) is 1. The van der Waals surface area contributed by atoms with Gasteiger partial charge in [0.1, 0.15) is 17.9 Å². The highest BCUT2D eigenvalue weighted by molar-refractivity contribution is 6.41. The van der Waals surface area contributed by atoms with Crippen LogP contribution in [0.25, 0.3) is 0 Å². The van der Waals surface area contributed by atoms with E-state index in [0.717, 1.165) is 29.5 Å². The van der Waals surface area contributed by atoms with E-state index in [1.165, 1.54) is 4.90 Å². The van der Waals surface area contributed by atoms with Gasteiger partial charge in [-0.3, -0.25) is 14.5 Å². The maximum absolute atomic E-state index is 14.1. The van der Waals surface area contributed by atoms with E-state index in [9.17, 15) is 34.2 Å². The molecule has 1 saturated heterocycles. The highest BCUT2D eigenvalue weighted by Gasteiger charge is 2.41. The lowest BCUT2D eigenvalue weighted by molar-refractivity contribution is -0.145. The number of ether oxygens (including phenoxy) is 4. The Morgan fingerprint density at radius 2 is 1.52 bits per heavy atom. The second kappa shape index (κ2) is 19.1. The number of amides is 1. The molecule has 0 saturated carbocycles. The molecule has 0 radical (unpaired) electrons. The van der Waals surface area contributed by atoms with Gasteiger partial charge in [0.15, 0.2) is 11.5 Å². The molecule has 2 atom stereocenters. The number of ketones is 2. The van der Waals surface area contributed by atoms with Crippen molar-refractivity contribution in [2.45, 2.75) is 97.1 Å². The van der Waals surface area contributed by atoms with Crippen molar-refractivity contribution >= 4 is 29.8 Å². The van der Waals surface area contributed by atoms with Crippen LogP contribution in [0.4, 0.5) is 9.59 Å². The average molecular weight is 746 g/mol. The molecule has 12 nitrogen and oxygen atoms in total. The molecule has 2 unspecified atom stereocenters. The first kappa shape index (κ1) is 41.4. The molecular weight excluding hydrogens is 694 g/mol. The predicted octanol–water partition coefficient (Wildman–Crippen LogP) is 8.26. The van der Waals surface area contributed by atoms with Crippen LogP contribution in [0.1, 0.15) is 104 Å². The number of carbonyl (C=O) groups excluding carboxylic acids is 3. The maximum atomic E-state index is 14.1. The number of aromatic carboxylic acids is 1. The van der Waals surface area contributed by atoms with Gasteiger partial charge in [0.05, 0.1) is 19.8 Å².